The molecule has 3 heteroatoms. The number of aryl methyl sites for hydroxylation is 1. The quantitative estimate of drug-likeness (QED) is 0.815. The Bertz CT molecular complexity index is 538. The van der Waals surface area contributed by atoms with Gasteiger partial charge < -0.3 is 10.4 Å². The second-order valence-electron chi connectivity index (χ2n) is 7.12. The van der Waals surface area contributed by atoms with Gasteiger partial charge in [0.15, 0.2) is 0 Å². The van der Waals surface area contributed by atoms with Crippen molar-refractivity contribution in [3.63, 3.8) is 0 Å². The zero-order valence-electron chi connectivity index (χ0n) is 12.6. The van der Waals surface area contributed by atoms with Crippen LogP contribution in [-0.4, -0.2) is 11.0 Å². The average Bonchev–Trinajstić information content (AvgIpc) is 2.48. The van der Waals surface area contributed by atoms with Crippen molar-refractivity contribution in [3.05, 3.63) is 28.8 Å². The van der Waals surface area contributed by atoms with Crippen LogP contribution in [0.4, 0.5) is 5.69 Å². The molecule has 0 saturated heterocycles. The van der Waals surface area contributed by atoms with Gasteiger partial charge in [-0.05, 0) is 31.7 Å². The lowest BCUT2D eigenvalue weighted by Crippen LogP contribution is -2.26. The smallest absolute Gasteiger partial charge is 0.234 e. The van der Waals surface area contributed by atoms with Crippen molar-refractivity contribution in [2.45, 2.75) is 53.1 Å². The van der Waals surface area contributed by atoms with Crippen LogP contribution in [0.5, 0.6) is 0 Å². The molecule has 0 spiro atoms. The van der Waals surface area contributed by atoms with Crippen molar-refractivity contribution < 1.29 is 9.90 Å². The molecule has 0 fully saturated rings. The maximum absolute atomic E-state index is 12.1. The van der Waals surface area contributed by atoms with Crippen LogP contribution in [0.2, 0.25) is 0 Å². The largest absolute Gasteiger partial charge is 0.388 e. The number of amides is 1. The molecule has 1 atom stereocenters. The van der Waals surface area contributed by atoms with E-state index in [1.807, 2.05) is 53.7 Å². The zero-order chi connectivity index (χ0) is 14.6. The summed E-state index contributed by atoms with van der Waals surface area (Å²) in [5.74, 6) is -0.00420. The summed E-state index contributed by atoms with van der Waals surface area (Å²) in [6.07, 6.45) is -0.602. The summed E-state index contributed by atoms with van der Waals surface area (Å²) in [7, 11) is 0. The average molecular weight is 261 g/mol. The SMILES string of the molecule is Cc1cc(C(O)C(C)(C)C)c2c(c1)C(C)(C)C(=O)N2. The fraction of sp³-hybridized carbons (Fsp3) is 0.562. The molecule has 2 rings (SSSR count). The predicted octanol–water partition coefficient (Wildman–Crippen LogP) is 3.30. The third kappa shape index (κ3) is 2.16. The molecular weight excluding hydrogens is 238 g/mol. The number of hydrogen-bond acceptors (Lipinski definition) is 2. The van der Waals surface area contributed by atoms with E-state index in [9.17, 15) is 9.90 Å². The number of carbonyl (C=O) groups excluding carboxylic acids is 1. The first-order valence-corrected chi connectivity index (χ1v) is 6.69. The standard InChI is InChI=1S/C16H23NO2/c1-9-7-10(13(18)15(2,3)4)12-11(8-9)16(5,6)14(19)17-12/h7-8,13,18H,1-6H3,(H,17,19). The van der Waals surface area contributed by atoms with Crippen LogP contribution in [0.3, 0.4) is 0 Å². The Morgan fingerprint density at radius 1 is 1.26 bits per heavy atom. The molecular formula is C16H23NO2. The van der Waals surface area contributed by atoms with Gasteiger partial charge in [0.2, 0.25) is 5.91 Å². The first-order chi connectivity index (χ1) is 8.55. The van der Waals surface area contributed by atoms with Crippen molar-refractivity contribution in [1.29, 1.82) is 0 Å². The Labute approximate surface area is 115 Å². The number of benzene rings is 1. The minimum Gasteiger partial charge on any atom is -0.388 e. The Balaban J connectivity index is 2.65. The molecule has 0 aliphatic carbocycles. The molecule has 0 saturated carbocycles. The fourth-order valence-electron chi connectivity index (χ4n) is 2.52. The molecule has 0 radical (unpaired) electrons. The van der Waals surface area contributed by atoms with E-state index in [-0.39, 0.29) is 11.3 Å². The van der Waals surface area contributed by atoms with Gasteiger partial charge in [-0.15, -0.1) is 0 Å². The van der Waals surface area contributed by atoms with Gasteiger partial charge in [-0.2, -0.15) is 0 Å². The predicted molar refractivity (Wildman–Crippen MR) is 77.2 cm³/mol. The third-order valence-electron chi connectivity index (χ3n) is 3.91. The summed E-state index contributed by atoms with van der Waals surface area (Å²) in [6, 6.07) is 4.00. The van der Waals surface area contributed by atoms with Crippen molar-refractivity contribution >= 4 is 11.6 Å². The van der Waals surface area contributed by atoms with E-state index >= 15 is 0 Å². The summed E-state index contributed by atoms with van der Waals surface area (Å²) in [4.78, 5) is 12.1. The highest BCUT2D eigenvalue weighted by molar-refractivity contribution is 6.06. The van der Waals surface area contributed by atoms with Gasteiger partial charge in [0.25, 0.3) is 0 Å². The highest BCUT2D eigenvalue weighted by Crippen LogP contribution is 2.45. The van der Waals surface area contributed by atoms with E-state index in [1.165, 1.54) is 0 Å². The lowest BCUT2D eigenvalue weighted by molar-refractivity contribution is -0.119. The Morgan fingerprint density at radius 3 is 2.37 bits per heavy atom. The molecule has 104 valence electrons. The van der Waals surface area contributed by atoms with Gasteiger partial charge in [-0.3, -0.25) is 4.79 Å². The summed E-state index contributed by atoms with van der Waals surface area (Å²) in [5.41, 5.74) is 2.87. The number of anilines is 1. The summed E-state index contributed by atoms with van der Waals surface area (Å²) in [5, 5.41) is 13.5. The molecule has 3 nitrogen and oxygen atoms in total. The Morgan fingerprint density at radius 2 is 1.84 bits per heavy atom. The van der Waals surface area contributed by atoms with Crippen LogP contribution in [-0.2, 0) is 10.2 Å². The molecule has 0 bridgehead atoms. The zero-order valence-corrected chi connectivity index (χ0v) is 12.6. The van der Waals surface area contributed by atoms with E-state index in [0.717, 1.165) is 22.4 Å². The molecule has 1 aliphatic heterocycles. The summed E-state index contributed by atoms with van der Waals surface area (Å²) < 4.78 is 0. The van der Waals surface area contributed by atoms with E-state index < -0.39 is 11.5 Å². The van der Waals surface area contributed by atoms with Crippen LogP contribution >= 0.6 is 0 Å². The number of aliphatic hydroxyl groups excluding tert-OH is 1. The number of aliphatic hydroxyl groups is 1. The van der Waals surface area contributed by atoms with Gasteiger partial charge >= 0.3 is 0 Å². The molecule has 2 N–H and O–H groups in total. The highest BCUT2D eigenvalue weighted by Gasteiger charge is 2.41. The van der Waals surface area contributed by atoms with Gasteiger partial charge in [0.1, 0.15) is 0 Å². The van der Waals surface area contributed by atoms with Crippen LogP contribution in [0.1, 0.15) is 57.4 Å². The Hall–Kier alpha value is -1.35. The number of hydrogen-bond donors (Lipinski definition) is 2. The monoisotopic (exact) mass is 261 g/mol. The van der Waals surface area contributed by atoms with Gasteiger partial charge in [-0.25, -0.2) is 0 Å². The van der Waals surface area contributed by atoms with E-state index in [2.05, 4.69) is 5.32 Å². The van der Waals surface area contributed by atoms with Crippen molar-refractivity contribution in [2.24, 2.45) is 5.41 Å². The van der Waals surface area contributed by atoms with Crippen LogP contribution in [0.25, 0.3) is 0 Å². The first-order valence-electron chi connectivity index (χ1n) is 6.69. The van der Waals surface area contributed by atoms with E-state index in [4.69, 9.17) is 0 Å². The molecule has 0 aromatic heterocycles. The minimum atomic E-state index is -0.602. The van der Waals surface area contributed by atoms with Gasteiger partial charge in [0.05, 0.1) is 17.2 Å². The second-order valence-corrected chi connectivity index (χ2v) is 7.12. The molecule has 1 aromatic rings. The summed E-state index contributed by atoms with van der Waals surface area (Å²) >= 11 is 0. The molecule has 19 heavy (non-hydrogen) atoms. The van der Waals surface area contributed by atoms with E-state index in [0.29, 0.717) is 0 Å². The maximum Gasteiger partial charge on any atom is 0.234 e. The molecule has 1 unspecified atom stereocenters. The maximum atomic E-state index is 12.1. The number of rotatable bonds is 1. The van der Waals surface area contributed by atoms with Crippen LogP contribution in [0.15, 0.2) is 12.1 Å². The number of nitrogens with one attached hydrogen (secondary N) is 1. The molecule has 1 amide bonds. The lowest BCUT2D eigenvalue weighted by atomic mass is 9.80. The van der Waals surface area contributed by atoms with Crippen molar-refractivity contribution in [3.8, 4) is 0 Å². The number of carbonyl (C=O) groups is 1. The van der Waals surface area contributed by atoms with Gasteiger partial charge in [-0.1, -0.05) is 38.5 Å². The third-order valence-corrected chi connectivity index (χ3v) is 3.91. The van der Waals surface area contributed by atoms with Crippen LogP contribution < -0.4 is 5.32 Å². The molecule has 1 heterocycles. The first kappa shape index (κ1) is 14.1. The second kappa shape index (κ2) is 4.07. The fourth-order valence-corrected chi connectivity index (χ4v) is 2.52. The molecule has 1 aliphatic rings. The molecule has 1 aromatic carbocycles. The van der Waals surface area contributed by atoms with Crippen molar-refractivity contribution in [1.82, 2.24) is 0 Å². The van der Waals surface area contributed by atoms with Crippen molar-refractivity contribution in [2.75, 3.05) is 5.32 Å². The van der Waals surface area contributed by atoms with E-state index in [1.54, 1.807) is 0 Å². The summed E-state index contributed by atoms with van der Waals surface area (Å²) in [6.45, 7) is 11.8. The lowest BCUT2D eigenvalue weighted by Gasteiger charge is -2.28. The normalized spacial score (nSPS) is 19.0. The Kier molecular flexibility index (Phi) is 3.01. The van der Waals surface area contributed by atoms with Crippen LogP contribution in [0, 0.1) is 12.3 Å². The topological polar surface area (TPSA) is 49.3 Å². The highest BCUT2D eigenvalue weighted by atomic mass is 16.3. The number of fused-ring (bicyclic) bond motifs is 1. The van der Waals surface area contributed by atoms with Gasteiger partial charge in [0, 0.05) is 5.56 Å². The minimum absolute atomic E-state index is 0.00420.